The topological polar surface area (TPSA) is 9.23 Å². The zero-order valence-corrected chi connectivity index (χ0v) is 19.0. The molecule has 0 aliphatic rings. The highest BCUT2D eigenvalue weighted by Crippen LogP contribution is 2.22. The molecule has 2 aromatic carbocycles. The number of unbranched alkanes of at least 4 members (excludes halogenated alkanes) is 8. The SMILES string of the molecule is CCCCCCC/C=C(/F)c1ccc(OCc2ccc(CCCCCC)cc2)cc1. The van der Waals surface area contributed by atoms with Crippen molar-refractivity contribution in [1.82, 2.24) is 0 Å². The molecule has 0 aromatic heterocycles. The normalized spacial score (nSPS) is 11.6. The maximum atomic E-state index is 14.3. The summed E-state index contributed by atoms with van der Waals surface area (Å²) < 4.78 is 20.2. The van der Waals surface area contributed by atoms with Gasteiger partial charge in [-0.05, 0) is 67.2 Å². The fourth-order valence-electron chi connectivity index (χ4n) is 3.53. The Balaban J connectivity index is 1.73. The van der Waals surface area contributed by atoms with E-state index in [0.717, 1.165) is 30.6 Å². The van der Waals surface area contributed by atoms with Gasteiger partial charge >= 0.3 is 0 Å². The van der Waals surface area contributed by atoms with E-state index in [9.17, 15) is 4.39 Å². The molecule has 0 amide bonds. The lowest BCUT2D eigenvalue weighted by atomic mass is 10.0. The van der Waals surface area contributed by atoms with Crippen molar-refractivity contribution in [1.29, 1.82) is 0 Å². The minimum Gasteiger partial charge on any atom is -0.489 e. The van der Waals surface area contributed by atoms with Crippen LogP contribution in [0.15, 0.2) is 54.6 Å². The highest BCUT2D eigenvalue weighted by molar-refractivity contribution is 5.59. The second kappa shape index (κ2) is 14.8. The molecule has 164 valence electrons. The predicted octanol–water partition coefficient (Wildman–Crippen LogP) is 9.06. The van der Waals surface area contributed by atoms with Gasteiger partial charge in [-0.3, -0.25) is 0 Å². The first-order valence-corrected chi connectivity index (χ1v) is 11.9. The van der Waals surface area contributed by atoms with E-state index in [4.69, 9.17) is 4.74 Å². The number of ether oxygens (including phenoxy) is 1. The maximum absolute atomic E-state index is 14.3. The van der Waals surface area contributed by atoms with E-state index in [1.807, 2.05) is 12.1 Å². The van der Waals surface area contributed by atoms with Crippen LogP contribution in [-0.4, -0.2) is 0 Å². The van der Waals surface area contributed by atoms with E-state index >= 15 is 0 Å². The molecule has 0 saturated heterocycles. The fourth-order valence-corrected chi connectivity index (χ4v) is 3.53. The average molecular weight is 411 g/mol. The number of aryl methyl sites for hydroxylation is 1. The molecule has 2 heteroatoms. The van der Waals surface area contributed by atoms with E-state index in [0.29, 0.717) is 12.2 Å². The highest BCUT2D eigenvalue weighted by atomic mass is 19.1. The van der Waals surface area contributed by atoms with Crippen molar-refractivity contribution in [2.45, 2.75) is 91.1 Å². The Kier molecular flexibility index (Phi) is 11.9. The van der Waals surface area contributed by atoms with Gasteiger partial charge < -0.3 is 4.74 Å². The summed E-state index contributed by atoms with van der Waals surface area (Å²) in [6, 6.07) is 16.0. The Morgan fingerprint density at radius 2 is 1.33 bits per heavy atom. The van der Waals surface area contributed by atoms with Crippen LogP contribution >= 0.6 is 0 Å². The molecule has 0 atom stereocenters. The van der Waals surface area contributed by atoms with Gasteiger partial charge in [0.1, 0.15) is 18.2 Å². The average Bonchev–Trinajstić information content (AvgIpc) is 2.78. The van der Waals surface area contributed by atoms with Gasteiger partial charge in [-0.25, -0.2) is 4.39 Å². The molecule has 0 aliphatic heterocycles. The van der Waals surface area contributed by atoms with Gasteiger partial charge in [0.2, 0.25) is 0 Å². The van der Waals surface area contributed by atoms with Crippen molar-refractivity contribution < 1.29 is 9.13 Å². The molecule has 0 spiro atoms. The van der Waals surface area contributed by atoms with Gasteiger partial charge in [0.25, 0.3) is 0 Å². The minimum atomic E-state index is -0.133. The van der Waals surface area contributed by atoms with Crippen molar-refractivity contribution in [3.8, 4) is 5.75 Å². The number of halogens is 1. The quantitative estimate of drug-likeness (QED) is 0.266. The lowest BCUT2D eigenvalue weighted by Gasteiger charge is -2.08. The summed E-state index contributed by atoms with van der Waals surface area (Å²) in [7, 11) is 0. The van der Waals surface area contributed by atoms with E-state index in [1.165, 1.54) is 56.9 Å². The summed E-state index contributed by atoms with van der Waals surface area (Å²) in [5, 5.41) is 0. The van der Waals surface area contributed by atoms with Crippen LogP contribution in [0.25, 0.3) is 5.83 Å². The lowest BCUT2D eigenvalue weighted by molar-refractivity contribution is 0.306. The van der Waals surface area contributed by atoms with Crippen LogP contribution in [0.2, 0.25) is 0 Å². The molecule has 0 aliphatic carbocycles. The van der Waals surface area contributed by atoms with Crippen molar-refractivity contribution in [3.63, 3.8) is 0 Å². The first-order chi connectivity index (χ1) is 14.7. The van der Waals surface area contributed by atoms with E-state index in [1.54, 1.807) is 18.2 Å². The number of hydrogen-bond donors (Lipinski definition) is 0. The largest absolute Gasteiger partial charge is 0.489 e. The van der Waals surface area contributed by atoms with Gasteiger partial charge in [-0.2, -0.15) is 0 Å². The molecule has 0 fully saturated rings. The van der Waals surface area contributed by atoms with Crippen LogP contribution < -0.4 is 4.74 Å². The molecule has 2 rings (SSSR count). The Morgan fingerprint density at radius 3 is 2.00 bits per heavy atom. The number of benzene rings is 2. The van der Waals surface area contributed by atoms with Crippen molar-refractivity contribution in [2.24, 2.45) is 0 Å². The highest BCUT2D eigenvalue weighted by Gasteiger charge is 2.02. The van der Waals surface area contributed by atoms with Gasteiger partial charge in [0, 0.05) is 5.56 Å². The van der Waals surface area contributed by atoms with Gasteiger partial charge in [-0.1, -0.05) is 83.1 Å². The minimum absolute atomic E-state index is 0.133. The summed E-state index contributed by atoms with van der Waals surface area (Å²) in [6.45, 7) is 4.98. The monoisotopic (exact) mass is 410 g/mol. The second-order valence-corrected chi connectivity index (χ2v) is 8.20. The third kappa shape index (κ3) is 9.61. The molecule has 0 saturated carbocycles. The maximum Gasteiger partial charge on any atom is 0.126 e. The molecule has 1 nitrogen and oxygen atoms in total. The van der Waals surface area contributed by atoms with Crippen LogP contribution in [0.4, 0.5) is 4.39 Å². The molecule has 0 unspecified atom stereocenters. The second-order valence-electron chi connectivity index (χ2n) is 8.20. The molecule has 2 aromatic rings. The predicted molar refractivity (Wildman–Crippen MR) is 128 cm³/mol. The van der Waals surface area contributed by atoms with Crippen molar-refractivity contribution >= 4 is 5.83 Å². The fraction of sp³-hybridized carbons (Fsp3) is 0.500. The summed E-state index contributed by atoms with van der Waals surface area (Å²) in [5.74, 6) is 0.640. The van der Waals surface area contributed by atoms with Crippen molar-refractivity contribution in [2.75, 3.05) is 0 Å². The molecule has 30 heavy (non-hydrogen) atoms. The van der Waals surface area contributed by atoms with E-state index in [-0.39, 0.29) is 5.83 Å². The van der Waals surface area contributed by atoms with Crippen molar-refractivity contribution in [3.05, 3.63) is 71.3 Å². The first kappa shape index (κ1) is 24.2. The first-order valence-electron chi connectivity index (χ1n) is 11.9. The standard InChI is InChI=1S/C28H39FO/c1-3-5-7-9-10-12-14-28(29)26-19-21-27(22-20-26)30-23-25-17-15-24(16-18-25)13-11-8-6-4-2/h14-22H,3-13,23H2,1-2H3/b28-14+. The van der Waals surface area contributed by atoms with E-state index in [2.05, 4.69) is 38.1 Å². The van der Waals surface area contributed by atoms with Crippen LogP contribution in [0.1, 0.15) is 94.7 Å². The number of allylic oxidation sites excluding steroid dienone is 1. The summed E-state index contributed by atoms with van der Waals surface area (Å²) >= 11 is 0. The Labute approximate surface area is 183 Å². The van der Waals surface area contributed by atoms with Crippen LogP contribution in [-0.2, 0) is 13.0 Å². The molecular weight excluding hydrogens is 371 g/mol. The van der Waals surface area contributed by atoms with E-state index < -0.39 is 0 Å². The lowest BCUT2D eigenvalue weighted by Crippen LogP contribution is -1.96. The summed E-state index contributed by atoms with van der Waals surface area (Å²) in [6.07, 6.45) is 14.9. The Bertz CT molecular complexity index is 715. The molecular formula is C28H39FO. The zero-order valence-electron chi connectivity index (χ0n) is 19.0. The molecule has 0 heterocycles. The van der Waals surface area contributed by atoms with Crippen LogP contribution in [0, 0.1) is 0 Å². The molecule has 0 radical (unpaired) electrons. The number of hydrogen-bond acceptors (Lipinski definition) is 1. The zero-order chi connectivity index (χ0) is 21.4. The number of rotatable bonds is 15. The smallest absolute Gasteiger partial charge is 0.126 e. The summed E-state index contributed by atoms with van der Waals surface area (Å²) in [5.41, 5.74) is 3.18. The van der Waals surface area contributed by atoms with Gasteiger partial charge in [-0.15, -0.1) is 0 Å². The summed E-state index contributed by atoms with van der Waals surface area (Å²) in [4.78, 5) is 0. The third-order valence-electron chi connectivity index (χ3n) is 5.51. The Morgan fingerprint density at radius 1 is 0.733 bits per heavy atom. The Hall–Kier alpha value is -2.09. The third-order valence-corrected chi connectivity index (χ3v) is 5.51. The van der Waals surface area contributed by atoms with Gasteiger partial charge in [0.15, 0.2) is 0 Å². The molecule has 0 N–H and O–H groups in total. The van der Waals surface area contributed by atoms with Gasteiger partial charge in [0.05, 0.1) is 0 Å². The van der Waals surface area contributed by atoms with Crippen LogP contribution in [0.5, 0.6) is 5.75 Å². The van der Waals surface area contributed by atoms with Crippen LogP contribution in [0.3, 0.4) is 0 Å². The molecule has 0 bridgehead atoms.